The van der Waals surface area contributed by atoms with Crippen LogP contribution in [0.1, 0.15) is 63.1 Å². The maximum absolute atomic E-state index is 14.4. The van der Waals surface area contributed by atoms with Crippen molar-refractivity contribution in [1.29, 1.82) is 0 Å². The molecule has 0 N–H and O–H groups in total. The van der Waals surface area contributed by atoms with Crippen LogP contribution in [-0.2, 0) is 31.7 Å². The number of morpholine rings is 1. The van der Waals surface area contributed by atoms with Gasteiger partial charge in [-0.05, 0) is 50.3 Å². The Balaban J connectivity index is 1.38. The molecule has 3 aliphatic heterocycles. The van der Waals surface area contributed by atoms with Gasteiger partial charge >= 0.3 is 12.1 Å². The van der Waals surface area contributed by atoms with E-state index in [0.29, 0.717) is 55.9 Å². The number of hydrogen-bond donors (Lipinski definition) is 0. The van der Waals surface area contributed by atoms with Crippen molar-refractivity contribution in [3.05, 3.63) is 42.1 Å². The number of carbonyl (C=O) groups is 2. The molecule has 0 unspecified atom stereocenters. The first-order valence-corrected chi connectivity index (χ1v) is 16.2. The Morgan fingerprint density at radius 3 is 2.72 bits per heavy atom. The molecule has 1 spiro atoms. The molecule has 1 amide bonds. The van der Waals surface area contributed by atoms with Crippen LogP contribution in [0.15, 0.2) is 30.9 Å². The van der Waals surface area contributed by atoms with Crippen molar-refractivity contribution in [3.8, 4) is 11.5 Å². The number of aromatic nitrogens is 1. The number of halogens is 3. The molecule has 0 aliphatic carbocycles. The molecular formula is C34H44F3N3O6. The number of esters is 1. The smallest absolute Gasteiger partial charge is 0.437 e. The molecule has 2 fully saturated rings. The van der Waals surface area contributed by atoms with E-state index in [9.17, 15) is 22.8 Å². The molecule has 0 saturated carbocycles. The quantitative estimate of drug-likeness (QED) is 0.168. The Hall–Kier alpha value is -3.38. The predicted octanol–water partition coefficient (Wildman–Crippen LogP) is 5.57. The van der Waals surface area contributed by atoms with Crippen LogP contribution in [0, 0.1) is 5.92 Å². The second-order valence-corrected chi connectivity index (χ2v) is 12.6. The van der Waals surface area contributed by atoms with Gasteiger partial charge in [0.05, 0.1) is 32.4 Å². The number of benzene rings is 1. The van der Waals surface area contributed by atoms with E-state index >= 15 is 0 Å². The van der Waals surface area contributed by atoms with Gasteiger partial charge in [0, 0.05) is 42.9 Å². The molecule has 46 heavy (non-hydrogen) atoms. The number of carbonyl (C=O) groups excluding carboxylic acids is 2. The van der Waals surface area contributed by atoms with Crippen LogP contribution in [0.3, 0.4) is 0 Å². The summed E-state index contributed by atoms with van der Waals surface area (Å²) in [5, 5.41) is 0.530. The number of amides is 1. The predicted molar refractivity (Wildman–Crippen MR) is 166 cm³/mol. The molecule has 5 rings (SSSR count). The molecule has 252 valence electrons. The number of pyridine rings is 1. The third-order valence-corrected chi connectivity index (χ3v) is 9.34. The van der Waals surface area contributed by atoms with E-state index in [0.717, 1.165) is 38.8 Å². The molecule has 9 nitrogen and oxygen atoms in total. The van der Waals surface area contributed by atoms with Crippen molar-refractivity contribution >= 4 is 22.8 Å². The molecule has 0 radical (unpaired) electrons. The normalized spacial score (nSPS) is 22.4. The third-order valence-electron chi connectivity index (χ3n) is 9.34. The lowest BCUT2D eigenvalue weighted by molar-refractivity contribution is -0.152. The standard InChI is InChI=1S/C34H44F3N3O6/c1-4-5-6-7-8-9-23(2)31(41)40-22-33(21-28(40)32(42)43-3)13-12-25-26-20-24(45-19-16-39-14-17-44-18-15-39)10-11-27(26)38-30(29(25)46-33)34(35,36)37/h4,10-11,20,23,28H,1,5-9,12-19,21-22H2,2-3H3/t23-,28-,33+/m0/s1. The Morgan fingerprint density at radius 2 is 2.00 bits per heavy atom. The number of hydrogen-bond acceptors (Lipinski definition) is 8. The maximum Gasteiger partial charge on any atom is 0.437 e. The van der Waals surface area contributed by atoms with Crippen molar-refractivity contribution in [1.82, 2.24) is 14.8 Å². The zero-order valence-corrected chi connectivity index (χ0v) is 26.7. The second-order valence-electron chi connectivity index (χ2n) is 12.6. The van der Waals surface area contributed by atoms with E-state index in [4.69, 9.17) is 18.9 Å². The summed E-state index contributed by atoms with van der Waals surface area (Å²) in [6.07, 6.45) is 2.04. The van der Waals surface area contributed by atoms with Gasteiger partial charge in [-0.15, -0.1) is 6.58 Å². The molecule has 2 aromatic rings. The molecule has 3 atom stereocenters. The molecule has 1 aromatic carbocycles. The Bertz CT molecular complexity index is 1410. The van der Waals surface area contributed by atoms with Gasteiger partial charge in [0.1, 0.15) is 24.0 Å². The van der Waals surface area contributed by atoms with Gasteiger partial charge in [-0.3, -0.25) is 9.69 Å². The maximum atomic E-state index is 14.4. The van der Waals surface area contributed by atoms with Crippen LogP contribution < -0.4 is 9.47 Å². The summed E-state index contributed by atoms with van der Waals surface area (Å²) < 4.78 is 66.0. The molecule has 2 saturated heterocycles. The van der Waals surface area contributed by atoms with Gasteiger partial charge in [-0.2, -0.15) is 13.2 Å². The largest absolute Gasteiger partial charge is 0.492 e. The first-order chi connectivity index (χ1) is 22.0. The average Bonchev–Trinajstić information content (AvgIpc) is 3.41. The number of alkyl halides is 3. The molecule has 3 aliphatic rings. The first-order valence-electron chi connectivity index (χ1n) is 16.2. The highest BCUT2D eigenvalue weighted by Gasteiger charge is 2.54. The minimum Gasteiger partial charge on any atom is -0.492 e. The Kier molecular flexibility index (Phi) is 10.8. The summed E-state index contributed by atoms with van der Waals surface area (Å²) in [5.41, 5.74) is -1.70. The van der Waals surface area contributed by atoms with Crippen molar-refractivity contribution in [2.45, 2.75) is 76.1 Å². The minimum absolute atomic E-state index is 0.00807. The van der Waals surface area contributed by atoms with E-state index in [1.54, 1.807) is 18.2 Å². The summed E-state index contributed by atoms with van der Waals surface area (Å²) in [6, 6.07) is 3.95. The average molecular weight is 648 g/mol. The van der Waals surface area contributed by atoms with Crippen molar-refractivity contribution < 1.29 is 41.7 Å². The number of aryl methyl sites for hydroxylation is 1. The van der Waals surface area contributed by atoms with E-state index in [-0.39, 0.29) is 42.5 Å². The zero-order chi connectivity index (χ0) is 32.9. The summed E-state index contributed by atoms with van der Waals surface area (Å²) >= 11 is 0. The van der Waals surface area contributed by atoms with E-state index in [1.165, 1.54) is 12.0 Å². The van der Waals surface area contributed by atoms with Gasteiger partial charge in [0.2, 0.25) is 5.91 Å². The Labute approximate surface area is 268 Å². The third kappa shape index (κ3) is 7.60. The number of methoxy groups -OCH3 is 1. The molecule has 1 aromatic heterocycles. The van der Waals surface area contributed by atoms with Crippen LogP contribution in [0.4, 0.5) is 13.2 Å². The van der Waals surface area contributed by atoms with Gasteiger partial charge in [-0.1, -0.05) is 25.8 Å². The monoisotopic (exact) mass is 647 g/mol. The minimum atomic E-state index is -4.78. The number of nitrogens with zero attached hydrogens (tertiary/aromatic N) is 3. The van der Waals surface area contributed by atoms with Crippen molar-refractivity contribution in [2.75, 3.05) is 53.1 Å². The number of likely N-dealkylation sites (tertiary alicyclic amines) is 1. The van der Waals surface area contributed by atoms with Gasteiger partial charge in [-0.25, -0.2) is 9.78 Å². The van der Waals surface area contributed by atoms with E-state index < -0.39 is 29.5 Å². The van der Waals surface area contributed by atoms with Crippen LogP contribution in [-0.4, -0.2) is 91.4 Å². The lowest BCUT2D eigenvalue weighted by Gasteiger charge is -2.37. The number of ether oxygens (including phenoxy) is 4. The van der Waals surface area contributed by atoms with Gasteiger partial charge < -0.3 is 23.8 Å². The lowest BCUT2D eigenvalue weighted by atomic mass is 9.87. The second kappa shape index (κ2) is 14.6. The van der Waals surface area contributed by atoms with E-state index in [2.05, 4.69) is 16.5 Å². The van der Waals surface area contributed by atoms with Crippen LogP contribution in [0.2, 0.25) is 0 Å². The Morgan fingerprint density at radius 1 is 1.22 bits per heavy atom. The number of allylic oxidation sites excluding steroid dienone is 1. The van der Waals surface area contributed by atoms with Crippen LogP contribution >= 0.6 is 0 Å². The van der Waals surface area contributed by atoms with Crippen LogP contribution in [0.25, 0.3) is 10.9 Å². The summed E-state index contributed by atoms with van der Waals surface area (Å²) in [6.45, 7) is 9.69. The van der Waals surface area contributed by atoms with E-state index in [1.807, 2.05) is 13.0 Å². The summed E-state index contributed by atoms with van der Waals surface area (Å²) in [4.78, 5) is 34.2. The van der Waals surface area contributed by atoms with Crippen molar-refractivity contribution in [2.24, 2.45) is 5.92 Å². The highest BCUT2D eigenvalue weighted by molar-refractivity contribution is 5.88. The molecular weight excluding hydrogens is 603 g/mol. The van der Waals surface area contributed by atoms with Gasteiger partial charge in [0.25, 0.3) is 0 Å². The van der Waals surface area contributed by atoms with Gasteiger partial charge in [0.15, 0.2) is 11.4 Å². The highest BCUT2D eigenvalue weighted by Crippen LogP contribution is 2.48. The fourth-order valence-electron chi connectivity index (χ4n) is 6.77. The molecule has 0 bridgehead atoms. The first kappa shape index (κ1) is 34.0. The fourth-order valence-corrected chi connectivity index (χ4v) is 6.77. The summed E-state index contributed by atoms with van der Waals surface area (Å²) in [5.74, 6) is -1.00. The SMILES string of the molecule is C=CCCCCC[C@H](C)C(=O)N1C[C@@]2(CCc3c(c(C(F)(F)F)nc4ccc(OCCN5CCOCC5)cc34)O2)C[C@H]1C(=O)OC. The lowest BCUT2D eigenvalue weighted by Crippen LogP contribution is -2.46. The summed E-state index contributed by atoms with van der Waals surface area (Å²) in [7, 11) is 1.24. The number of rotatable bonds is 12. The number of unbranched alkanes of at least 4 members (excludes halogenated alkanes) is 3. The van der Waals surface area contributed by atoms with Crippen molar-refractivity contribution in [3.63, 3.8) is 0 Å². The number of fused-ring (bicyclic) bond motifs is 3. The van der Waals surface area contributed by atoms with Crippen LogP contribution in [0.5, 0.6) is 11.5 Å². The highest BCUT2D eigenvalue weighted by atomic mass is 19.4. The fraction of sp³-hybridized carbons (Fsp3) is 0.618. The molecule has 4 heterocycles. The zero-order valence-electron chi connectivity index (χ0n) is 26.7. The molecule has 12 heteroatoms. The topological polar surface area (TPSA) is 90.4 Å².